The first-order valence-electron chi connectivity index (χ1n) is 44.8. The number of rotatable bonds is 19. The Morgan fingerprint density at radius 3 is 1.78 bits per heavy atom. The molecule has 0 saturated carbocycles. The first-order valence-corrected chi connectivity index (χ1v) is 48.3. The van der Waals surface area contributed by atoms with Crippen LogP contribution in [0, 0.1) is 23.7 Å². The van der Waals surface area contributed by atoms with Crippen molar-refractivity contribution >= 4 is 146 Å². The number of Topliss-reactive ketones (excluding diaryl/α,β-unsaturated/α-hetero) is 3. The SMILES string of the molecule is CC[C@@H]1NC(=O)[C@H]([C@@H](C)O)NC(=O)[C@@H](CC(=O)[C@H](C)NC(=O)CN(C)C(=O)CCN)CSCc2cc(n(C)n2)CN2Cc3cc(nn3C)CSC[C@H](CC1=O)C(=O)N[C@@H](CC1=CCc3ccccc31)C(=O)N[C@@H](C(C)C)C(=O)N[C@@H](CC(=O)O)C(=O)CCC(=O)N[C@@H](Cc1c[nH]c3ccccc13)C(=O)N[C@@H](C(C)C)C(=O)N1CCC[C@H]1C(=O)N[C@H](C(N)=O)CSCc1cc(n(C)n1)C2. The minimum atomic E-state index is -1.80. The molecule has 42 heteroatoms. The number of fused-ring (bicyclic) bond motifs is 11. The number of aromatic amines is 1. The zero-order valence-electron chi connectivity index (χ0n) is 77.0. The predicted molar refractivity (Wildman–Crippen MR) is 498 cm³/mol. The fourth-order valence-electron chi connectivity index (χ4n) is 16.6. The number of likely N-dealkylation sites (N-methyl/N-ethyl adjacent to an activating group) is 1. The smallest absolute Gasteiger partial charge is 0.305 e. The highest BCUT2D eigenvalue weighted by Crippen LogP contribution is 2.33. The lowest BCUT2D eigenvalue weighted by Crippen LogP contribution is -2.59. The summed E-state index contributed by atoms with van der Waals surface area (Å²) in [6.45, 7) is 11.4. The summed E-state index contributed by atoms with van der Waals surface area (Å²) in [5.74, 6) is -16.6. The number of carboxylic acids is 1. The summed E-state index contributed by atoms with van der Waals surface area (Å²) in [5, 5.41) is 61.5. The van der Waals surface area contributed by atoms with Crippen LogP contribution >= 0.6 is 35.3 Å². The highest BCUT2D eigenvalue weighted by molar-refractivity contribution is 7.99. The van der Waals surface area contributed by atoms with Crippen molar-refractivity contribution in [3.05, 3.63) is 130 Å². The lowest BCUT2D eigenvalue weighted by molar-refractivity contribution is -0.143. The average molecular weight is 1900 g/mol. The van der Waals surface area contributed by atoms with Crippen molar-refractivity contribution in [1.82, 2.24) is 96.9 Å². The van der Waals surface area contributed by atoms with Crippen molar-refractivity contribution in [3.63, 3.8) is 0 Å². The van der Waals surface area contributed by atoms with E-state index in [4.69, 9.17) is 26.8 Å². The number of allylic oxidation sites excluding steroid dienone is 1. The standard InChI is InChI=1S/C91H125N21O18S3/c1-12-66-75(116)33-57-44-132-46-59-35-62(109(10)105-59)40-111(39-61-34-58(104-108(61)9)45-131-43-56(85(124)103-82(52(7)113)90(129)97-66)32-74(115)51(6)95-77(118)42-107(8)78(119)27-28-92)41-63-36-60(106-110(63)11)47-133-48-71(83(93)122)100-88(127)72-22-17-29-112(72)91(130)81(50(4)5)102-86(125)69(31-55-38-94-67-21-16-15-20-65(55)67)96-76(117)26-25-73(114)68(37-79(120)121)98-89(128)80(49(2)3)101-87(126)70(99-84(57)123)30-54-24-23-53-18-13-14-19-64(53)54/h13-16,18-21,24,34-36,38,49-52,56-57,66,68-72,80-82,94,113H,12,17,22-23,25-33,37,39-48,92H2,1-11H3,(H2,93,122)(H,95,118)(H,96,117)(H,97,129)(H,98,128)(H,99,123)(H,100,127)(H,101,126)(H,102,125)(H,103,124)(H,120,121)/t51-,52+,56-,57-,66-,68-,69-,70-,71-,72-,80-,81-,82-/m0/s1. The number of ketones is 3. The zero-order valence-corrected chi connectivity index (χ0v) is 79.4. The maximum Gasteiger partial charge on any atom is 0.305 e. The van der Waals surface area contributed by atoms with Crippen LogP contribution in [0.2, 0.25) is 0 Å². The van der Waals surface area contributed by atoms with Gasteiger partial charge < -0.3 is 84.3 Å². The van der Waals surface area contributed by atoms with Crippen molar-refractivity contribution in [1.29, 1.82) is 0 Å². The molecule has 4 aromatic heterocycles. The quantitative estimate of drug-likeness (QED) is 0.0544. The Morgan fingerprint density at radius 1 is 0.617 bits per heavy atom. The maximum atomic E-state index is 15.6. The van der Waals surface area contributed by atoms with Gasteiger partial charge in [-0.05, 0) is 97.9 Å². The van der Waals surface area contributed by atoms with Crippen molar-refractivity contribution in [2.75, 3.05) is 43.9 Å². The third-order valence-electron chi connectivity index (χ3n) is 24.1. The first-order chi connectivity index (χ1) is 63.3. The number of carboxylic acid groups (broad SMARTS) is 1. The molecule has 7 heterocycles. The number of benzene rings is 2. The van der Waals surface area contributed by atoms with Crippen LogP contribution in [-0.4, -0.2) is 264 Å². The molecular weight excluding hydrogens is 1770 g/mol. The third kappa shape index (κ3) is 28.7. The van der Waals surface area contributed by atoms with E-state index in [2.05, 4.69) is 57.7 Å². The number of carbonyl (C=O) groups excluding carboxylic acids is 15. The first kappa shape index (κ1) is 103. The number of nitrogens with zero attached hydrogens (tertiary/aromatic N) is 9. The summed E-state index contributed by atoms with van der Waals surface area (Å²) in [5.41, 5.74) is 19.2. The molecule has 14 atom stereocenters. The fraction of sp³-hybridized carbons (Fsp3) is 0.549. The van der Waals surface area contributed by atoms with Gasteiger partial charge in [0.1, 0.15) is 42.3 Å². The van der Waals surface area contributed by atoms with Crippen LogP contribution in [0.1, 0.15) is 164 Å². The molecule has 3 aliphatic heterocycles. The molecule has 1 fully saturated rings. The predicted octanol–water partition coefficient (Wildman–Crippen LogP) is 1.31. The molecule has 720 valence electrons. The van der Waals surface area contributed by atoms with E-state index in [1.54, 1.807) is 88.1 Å². The molecule has 1 saturated heterocycles. The van der Waals surface area contributed by atoms with E-state index in [1.807, 2.05) is 60.7 Å². The molecule has 0 spiro atoms. The number of primary amides is 1. The number of para-hydroxylation sites is 1. The molecule has 12 amide bonds. The number of aliphatic hydroxyl groups excluding tert-OH is 1. The number of aliphatic carboxylic acids is 1. The number of hydrogen-bond acceptors (Lipinski definition) is 25. The number of nitrogens with two attached hydrogens (primary N) is 2. The van der Waals surface area contributed by atoms with Crippen LogP contribution in [0.15, 0.2) is 79.0 Å². The van der Waals surface area contributed by atoms with Crippen LogP contribution in [-0.2, 0) is 148 Å². The fourth-order valence-corrected chi connectivity index (χ4v) is 19.6. The molecule has 133 heavy (non-hydrogen) atoms. The Morgan fingerprint density at radius 2 is 1.18 bits per heavy atom. The monoisotopic (exact) mass is 1900 g/mol. The van der Waals surface area contributed by atoms with Gasteiger partial charge in [0.2, 0.25) is 70.9 Å². The summed E-state index contributed by atoms with van der Waals surface area (Å²) >= 11 is 3.76. The summed E-state index contributed by atoms with van der Waals surface area (Å²) in [7, 11) is 6.76. The van der Waals surface area contributed by atoms with E-state index in [0.717, 1.165) is 33.1 Å². The second kappa shape index (κ2) is 48.4. The molecule has 4 aliphatic rings. The summed E-state index contributed by atoms with van der Waals surface area (Å²) < 4.78 is 5.17. The van der Waals surface area contributed by atoms with Crippen LogP contribution < -0.4 is 59.3 Å². The highest BCUT2D eigenvalue weighted by atomic mass is 32.2. The lowest BCUT2D eigenvalue weighted by Gasteiger charge is -2.32. The number of aliphatic hydroxyl groups is 1. The summed E-state index contributed by atoms with van der Waals surface area (Å²) in [6.07, 6.45) is -0.802. The van der Waals surface area contributed by atoms with Crippen LogP contribution in [0.3, 0.4) is 0 Å². The Labute approximate surface area is 784 Å². The largest absolute Gasteiger partial charge is 0.481 e. The van der Waals surface area contributed by atoms with Crippen LogP contribution in [0.5, 0.6) is 0 Å². The second-order valence-electron chi connectivity index (χ2n) is 35.2. The lowest BCUT2D eigenvalue weighted by atomic mass is 9.95. The van der Waals surface area contributed by atoms with E-state index in [9.17, 15) is 72.5 Å². The van der Waals surface area contributed by atoms with Crippen molar-refractivity contribution in [2.45, 2.75) is 229 Å². The van der Waals surface area contributed by atoms with Gasteiger partial charge in [-0.1, -0.05) is 83.2 Å². The summed E-state index contributed by atoms with van der Waals surface area (Å²) in [6, 6.07) is 6.18. The number of carbonyl (C=O) groups is 16. The molecule has 1 aliphatic carbocycles. The van der Waals surface area contributed by atoms with Gasteiger partial charge >= 0.3 is 5.97 Å². The number of aromatic nitrogens is 7. The number of H-pyrrole nitrogens is 1. The molecule has 2 aromatic carbocycles. The Hall–Kier alpha value is -11.6. The van der Waals surface area contributed by atoms with E-state index in [1.165, 1.54) is 61.1 Å². The van der Waals surface area contributed by atoms with Crippen LogP contribution in [0.4, 0.5) is 0 Å². The van der Waals surface area contributed by atoms with E-state index in [-0.39, 0.29) is 99.3 Å². The number of hydrogen-bond donors (Lipinski definition) is 14. The van der Waals surface area contributed by atoms with Gasteiger partial charge in [0.05, 0.1) is 83.2 Å². The van der Waals surface area contributed by atoms with Gasteiger partial charge in [0.15, 0.2) is 17.3 Å². The number of aryl methyl sites for hydroxylation is 3. The molecule has 39 nitrogen and oxygen atoms in total. The minimum Gasteiger partial charge on any atom is -0.481 e. The normalized spacial score (nSPS) is 24.0. The molecule has 6 aromatic rings. The molecule has 16 N–H and O–H groups in total. The molecular formula is C91H125N21O18S3. The number of amides is 12. The van der Waals surface area contributed by atoms with Crippen molar-refractivity contribution in [3.8, 4) is 0 Å². The van der Waals surface area contributed by atoms with Gasteiger partial charge in [-0.25, -0.2) is 0 Å². The Kier molecular flexibility index (Phi) is 37.6. The van der Waals surface area contributed by atoms with Gasteiger partial charge in [-0.3, -0.25) is 95.7 Å². The van der Waals surface area contributed by atoms with E-state index in [0.29, 0.717) is 52.0 Å². The van der Waals surface area contributed by atoms with Gasteiger partial charge in [-0.2, -0.15) is 50.6 Å². The molecule has 0 radical (unpaired) electrons. The van der Waals surface area contributed by atoms with Gasteiger partial charge in [-0.15, -0.1) is 0 Å². The topological polar surface area (TPSA) is 553 Å². The number of nitrogens with one attached hydrogen (secondary N) is 10. The van der Waals surface area contributed by atoms with Gasteiger partial charge in [0.25, 0.3) is 0 Å². The van der Waals surface area contributed by atoms with Crippen molar-refractivity contribution in [2.24, 2.45) is 56.3 Å². The molecule has 10 rings (SSSR count). The summed E-state index contributed by atoms with van der Waals surface area (Å²) in [4.78, 5) is 238. The van der Waals surface area contributed by atoms with E-state index < -0.39 is 223 Å². The Bertz CT molecular complexity index is 5290. The molecule has 8 bridgehead atoms. The number of thioether (sulfide) groups is 3. The third-order valence-corrected chi connectivity index (χ3v) is 27.5. The zero-order chi connectivity index (χ0) is 96.8. The average Bonchev–Trinajstić information content (AvgIpc) is 1.72. The Balaban J connectivity index is 1.02. The van der Waals surface area contributed by atoms with Crippen molar-refractivity contribution < 1.29 is 86.9 Å². The highest BCUT2D eigenvalue weighted by Gasteiger charge is 2.43. The molecule has 1 unspecified atom stereocenters. The minimum absolute atomic E-state index is 0.00617. The van der Waals surface area contributed by atoms with E-state index >= 15 is 14.4 Å². The van der Waals surface area contributed by atoms with Crippen LogP contribution in [0.25, 0.3) is 16.5 Å². The maximum absolute atomic E-state index is 15.6. The van der Waals surface area contributed by atoms with Gasteiger partial charge in [0, 0.05) is 157 Å². The second-order valence-corrected chi connectivity index (χ2v) is 38.3.